The average Bonchev–Trinajstić information content (AvgIpc) is 2.96. The predicted octanol–water partition coefficient (Wildman–Crippen LogP) is 2.24. The van der Waals surface area contributed by atoms with Crippen molar-refractivity contribution in [1.82, 2.24) is 0 Å². The number of nitrogens with two attached hydrogens (primary N) is 1. The highest BCUT2D eigenvalue weighted by Gasteiger charge is 2.39. The van der Waals surface area contributed by atoms with Crippen LogP contribution in [0.4, 0.5) is 0 Å². The van der Waals surface area contributed by atoms with Crippen molar-refractivity contribution in [1.29, 1.82) is 0 Å². The van der Waals surface area contributed by atoms with Crippen molar-refractivity contribution in [2.24, 2.45) is 5.73 Å². The summed E-state index contributed by atoms with van der Waals surface area (Å²) in [5.74, 6) is 1.51. The molecule has 0 aromatic heterocycles. The van der Waals surface area contributed by atoms with Crippen molar-refractivity contribution in [3.63, 3.8) is 0 Å². The van der Waals surface area contributed by atoms with Crippen molar-refractivity contribution in [3.8, 4) is 11.5 Å². The zero-order valence-corrected chi connectivity index (χ0v) is 9.76. The molecular formula is C11H15NO2S. The Labute approximate surface area is 93.9 Å². The fourth-order valence-electron chi connectivity index (χ4n) is 1.34. The standard InChI is InChI=1S/C11H15NO2S/c1-13-9-4-3-8(7-10(9)14-2)15-11(12)5-6-11/h3-4,7H,5-6,12H2,1-2H3. The summed E-state index contributed by atoms with van der Waals surface area (Å²) in [5.41, 5.74) is 6.03. The summed E-state index contributed by atoms with van der Waals surface area (Å²) < 4.78 is 10.4. The smallest absolute Gasteiger partial charge is 0.161 e. The van der Waals surface area contributed by atoms with Gasteiger partial charge in [-0.15, -0.1) is 11.8 Å². The second-order valence-electron chi connectivity index (χ2n) is 3.68. The maximum atomic E-state index is 6.03. The van der Waals surface area contributed by atoms with Crippen molar-refractivity contribution in [2.45, 2.75) is 22.6 Å². The van der Waals surface area contributed by atoms with Gasteiger partial charge in [-0.1, -0.05) is 0 Å². The Balaban J connectivity index is 2.18. The molecule has 0 radical (unpaired) electrons. The summed E-state index contributed by atoms with van der Waals surface area (Å²) in [5, 5.41) is 0. The molecule has 1 aliphatic carbocycles. The molecule has 1 fully saturated rings. The summed E-state index contributed by atoms with van der Waals surface area (Å²) in [6, 6.07) is 5.89. The highest BCUT2D eigenvalue weighted by Crippen LogP contribution is 2.48. The molecule has 0 spiro atoms. The maximum Gasteiger partial charge on any atom is 0.161 e. The number of hydrogen-bond acceptors (Lipinski definition) is 4. The number of rotatable bonds is 4. The van der Waals surface area contributed by atoms with Crippen LogP contribution >= 0.6 is 11.8 Å². The van der Waals surface area contributed by atoms with Gasteiger partial charge >= 0.3 is 0 Å². The van der Waals surface area contributed by atoms with E-state index < -0.39 is 0 Å². The zero-order valence-electron chi connectivity index (χ0n) is 8.95. The quantitative estimate of drug-likeness (QED) is 0.798. The molecule has 2 rings (SSSR count). The van der Waals surface area contributed by atoms with Gasteiger partial charge in [0.25, 0.3) is 0 Å². The summed E-state index contributed by atoms with van der Waals surface area (Å²) in [6.45, 7) is 0. The van der Waals surface area contributed by atoms with Crippen LogP contribution < -0.4 is 15.2 Å². The molecule has 0 aliphatic heterocycles. The molecule has 0 saturated heterocycles. The van der Waals surface area contributed by atoms with E-state index in [-0.39, 0.29) is 4.87 Å². The van der Waals surface area contributed by atoms with Crippen LogP contribution in [0, 0.1) is 0 Å². The number of hydrogen-bond donors (Lipinski definition) is 1. The minimum Gasteiger partial charge on any atom is -0.493 e. The van der Waals surface area contributed by atoms with Gasteiger partial charge in [-0.3, -0.25) is 0 Å². The molecule has 2 N–H and O–H groups in total. The maximum absolute atomic E-state index is 6.03. The SMILES string of the molecule is COc1ccc(SC2(N)CC2)cc1OC. The molecule has 0 heterocycles. The van der Waals surface area contributed by atoms with E-state index in [1.54, 1.807) is 26.0 Å². The van der Waals surface area contributed by atoms with Gasteiger partial charge in [-0.2, -0.15) is 0 Å². The molecule has 0 bridgehead atoms. The van der Waals surface area contributed by atoms with Crippen molar-refractivity contribution in [3.05, 3.63) is 18.2 Å². The normalized spacial score (nSPS) is 17.3. The van der Waals surface area contributed by atoms with E-state index in [1.165, 1.54) is 0 Å². The first kappa shape index (κ1) is 10.6. The van der Waals surface area contributed by atoms with E-state index in [0.29, 0.717) is 0 Å². The molecule has 1 aliphatic rings. The minimum atomic E-state index is -0.0421. The lowest BCUT2D eigenvalue weighted by Gasteiger charge is -2.11. The molecule has 1 aromatic rings. The van der Waals surface area contributed by atoms with Gasteiger partial charge in [0, 0.05) is 4.90 Å². The summed E-state index contributed by atoms with van der Waals surface area (Å²) >= 11 is 1.70. The fourth-order valence-corrected chi connectivity index (χ4v) is 2.42. The molecule has 15 heavy (non-hydrogen) atoms. The molecule has 4 heteroatoms. The molecule has 3 nitrogen and oxygen atoms in total. The number of thioether (sulfide) groups is 1. The van der Waals surface area contributed by atoms with Crippen LogP contribution in [0.5, 0.6) is 11.5 Å². The van der Waals surface area contributed by atoms with Crippen LogP contribution in [-0.4, -0.2) is 19.1 Å². The lowest BCUT2D eigenvalue weighted by molar-refractivity contribution is 0.354. The first-order valence-electron chi connectivity index (χ1n) is 4.87. The Morgan fingerprint density at radius 3 is 2.40 bits per heavy atom. The first-order chi connectivity index (χ1) is 7.17. The van der Waals surface area contributed by atoms with Crippen molar-refractivity contribution < 1.29 is 9.47 Å². The highest BCUT2D eigenvalue weighted by molar-refractivity contribution is 8.01. The van der Waals surface area contributed by atoms with Gasteiger partial charge in [0.2, 0.25) is 0 Å². The van der Waals surface area contributed by atoms with Crippen LogP contribution in [0.1, 0.15) is 12.8 Å². The fraction of sp³-hybridized carbons (Fsp3) is 0.455. The number of ether oxygens (including phenoxy) is 2. The van der Waals surface area contributed by atoms with Crippen LogP contribution in [0.15, 0.2) is 23.1 Å². The van der Waals surface area contributed by atoms with Gasteiger partial charge in [0.15, 0.2) is 11.5 Å². The lowest BCUT2D eigenvalue weighted by atomic mass is 10.3. The van der Waals surface area contributed by atoms with Gasteiger partial charge in [-0.05, 0) is 31.0 Å². The van der Waals surface area contributed by atoms with Crippen molar-refractivity contribution in [2.75, 3.05) is 14.2 Å². The molecule has 82 valence electrons. The summed E-state index contributed by atoms with van der Waals surface area (Å²) in [4.78, 5) is 1.09. The van der Waals surface area contributed by atoms with Gasteiger partial charge < -0.3 is 15.2 Å². The molecule has 1 aromatic carbocycles. The third-order valence-electron chi connectivity index (χ3n) is 2.42. The lowest BCUT2D eigenvalue weighted by Crippen LogP contribution is -2.15. The molecule has 0 atom stereocenters. The van der Waals surface area contributed by atoms with E-state index in [9.17, 15) is 0 Å². The van der Waals surface area contributed by atoms with E-state index >= 15 is 0 Å². The second kappa shape index (κ2) is 3.94. The Kier molecular flexibility index (Phi) is 2.80. The second-order valence-corrected chi connectivity index (χ2v) is 5.17. The first-order valence-corrected chi connectivity index (χ1v) is 5.68. The van der Waals surface area contributed by atoms with Gasteiger partial charge in [-0.25, -0.2) is 0 Å². The summed E-state index contributed by atoms with van der Waals surface area (Å²) in [6.07, 6.45) is 2.18. The Morgan fingerprint density at radius 2 is 1.87 bits per heavy atom. The van der Waals surface area contributed by atoms with E-state index in [1.807, 2.05) is 18.2 Å². The number of benzene rings is 1. The Morgan fingerprint density at radius 1 is 1.20 bits per heavy atom. The largest absolute Gasteiger partial charge is 0.493 e. The third kappa shape index (κ3) is 2.38. The molecule has 1 saturated carbocycles. The van der Waals surface area contributed by atoms with E-state index in [0.717, 1.165) is 29.2 Å². The third-order valence-corrected chi connectivity index (χ3v) is 3.72. The monoisotopic (exact) mass is 225 g/mol. The van der Waals surface area contributed by atoms with Crippen molar-refractivity contribution >= 4 is 11.8 Å². The molecular weight excluding hydrogens is 210 g/mol. The topological polar surface area (TPSA) is 44.5 Å². The highest BCUT2D eigenvalue weighted by atomic mass is 32.2. The Hall–Kier alpha value is -0.870. The van der Waals surface area contributed by atoms with Gasteiger partial charge in [0.1, 0.15) is 0 Å². The zero-order chi connectivity index (χ0) is 10.9. The molecule has 0 unspecified atom stereocenters. The van der Waals surface area contributed by atoms with Crippen LogP contribution in [0.2, 0.25) is 0 Å². The van der Waals surface area contributed by atoms with Crippen LogP contribution in [-0.2, 0) is 0 Å². The predicted molar refractivity (Wildman–Crippen MR) is 61.6 cm³/mol. The number of methoxy groups -OCH3 is 2. The van der Waals surface area contributed by atoms with Gasteiger partial charge in [0.05, 0.1) is 19.1 Å². The average molecular weight is 225 g/mol. The Bertz CT molecular complexity index is 364. The van der Waals surface area contributed by atoms with Crippen LogP contribution in [0.25, 0.3) is 0 Å². The molecule has 0 amide bonds. The summed E-state index contributed by atoms with van der Waals surface area (Å²) in [7, 11) is 3.28. The van der Waals surface area contributed by atoms with Crippen LogP contribution in [0.3, 0.4) is 0 Å². The minimum absolute atomic E-state index is 0.0421. The van der Waals surface area contributed by atoms with E-state index in [4.69, 9.17) is 15.2 Å². The van der Waals surface area contributed by atoms with E-state index in [2.05, 4.69) is 0 Å².